The Labute approximate surface area is 89.3 Å². The molecule has 0 unspecified atom stereocenters. The molecular weight excluding hydrogens is 249 g/mol. The van der Waals surface area contributed by atoms with Gasteiger partial charge in [-0.25, -0.2) is 4.39 Å². The Morgan fingerprint density at radius 2 is 2.14 bits per heavy atom. The molecule has 0 saturated heterocycles. The zero-order valence-electron chi connectivity index (χ0n) is 7.26. The molecule has 2 nitrogen and oxygen atoms in total. The zero-order chi connectivity index (χ0) is 10.7. The van der Waals surface area contributed by atoms with Crippen LogP contribution in [0.3, 0.4) is 0 Å². The minimum absolute atomic E-state index is 0.0990. The van der Waals surface area contributed by atoms with Crippen LogP contribution in [0.1, 0.15) is 15.9 Å². The van der Waals surface area contributed by atoms with Crippen LogP contribution in [0.15, 0.2) is 22.1 Å². The van der Waals surface area contributed by atoms with Gasteiger partial charge in [-0.15, -0.1) is 0 Å². The van der Waals surface area contributed by atoms with E-state index >= 15 is 0 Å². The molecule has 0 spiro atoms. The Morgan fingerprint density at radius 1 is 1.50 bits per heavy atom. The summed E-state index contributed by atoms with van der Waals surface area (Å²) in [4.78, 5) is 14.2. The average Bonchev–Trinajstić information content (AvgIpc) is 2.16. The number of carbonyl (C=O) groups excluding carboxylic acids is 1. The Hall–Kier alpha value is -1.29. The molecule has 4 heteroatoms. The van der Waals surface area contributed by atoms with Crippen LogP contribution in [-0.2, 0) is 0 Å². The molecule has 0 amide bonds. The Morgan fingerprint density at radius 3 is 2.57 bits per heavy atom. The van der Waals surface area contributed by atoms with Gasteiger partial charge in [0.25, 0.3) is 0 Å². The Bertz CT molecular complexity index is 383. The second-order valence-electron chi connectivity index (χ2n) is 2.50. The molecule has 0 saturated carbocycles. The van der Waals surface area contributed by atoms with Crippen molar-refractivity contribution in [3.63, 3.8) is 0 Å². The lowest BCUT2D eigenvalue weighted by molar-refractivity contribution is 0.112. The molecule has 72 valence electrons. The van der Waals surface area contributed by atoms with Gasteiger partial charge in [0.05, 0.1) is 11.3 Å². The first kappa shape index (κ1) is 10.8. The van der Waals surface area contributed by atoms with E-state index in [-0.39, 0.29) is 11.3 Å². The SMILES string of the molecule is C=Cc1c(Br)cc(F)c(C=O)c1N=C. The Balaban J connectivity index is 3.67. The monoisotopic (exact) mass is 255 g/mol. The summed E-state index contributed by atoms with van der Waals surface area (Å²) in [7, 11) is 0. The lowest BCUT2D eigenvalue weighted by Crippen LogP contribution is -1.92. The van der Waals surface area contributed by atoms with E-state index in [4.69, 9.17) is 0 Å². The molecule has 0 fully saturated rings. The fraction of sp³-hybridized carbons (Fsp3) is 0. The molecule has 0 bridgehead atoms. The number of hydrogen-bond acceptors (Lipinski definition) is 2. The van der Waals surface area contributed by atoms with Crippen molar-refractivity contribution < 1.29 is 9.18 Å². The minimum atomic E-state index is -0.625. The topological polar surface area (TPSA) is 29.4 Å². The second-order valence-corrected chi connectivity index (χ2v) is 3.35. The summed E-state index contributed by atoms with van der Waals surface area (Å²) >= 11 is 3.15. The highest BCUT2D eigenvalue weighted by Crippen LogP contribution is 2.32. The standard InChI is InChI=1S/C10H7BrFNO/c1-3-6-8(11)4-9(12)7(5-14)10(6)13-2/h3-5H,1-2H2. The number of aliphatic imine (C=N–C) groups is 1. The van der Waals surface area contributed by atoms with Crippen LogP contribution >= 0.6 is 15.9 Å². The average molecular weight is 256 g/mol. The lowest BCUT2D eigenvalue weighted by Gasteiger charge is -2.06. The van der Waals surface area contributed by atoms with Gasteiger partial charge in [-0.1, -0.05) is 12.7 Å². The molecule has 1 aromatic rings. The number of rotatable bonds is 3. The van der Waals surface area contributed by atoms with E-state index in [0.29, 0.717) is 16.3 Å². The maximum absolute atomic E-state index is 13.2. The summed E-state index contributed by atoms with van der Waals surface area (Å²) in [5.41, 5.74) is 0.670. The van der Waals surface area contributed by atoms with E-state index in [9.17, 15) is 9.18 Å². The maximum Gasteiger partial charge on any atom is 0.155 e. The molecule has 0 aliphatic rings. The largest absolute Gasteiger partial charge is 0.298 e. The lowest BCUT2D eigenvalue weighted by atomic mass is 10.1. The predicted octanol–water partition coefficient (Wildman–Crippen LogP) is 3.38. The van der Waals surface area contributed by atoms with Crippen molar-refractivity contribution >= 4 is 40.7 Å². The van der Waals surface area contributed by atoms with Crippen molar-refractivity contribution in [2.24, 2.45) is 4.99 Å². The molecule has 0 aromatic heterocycles. The van der Waals surface area contributed by atoms with Crippen molar-refractivity contribution in [3.8, 4) is 0 Å². The number of halogens is 2. The van der Waals surface area contributed by atoms with Gasteiger partial charge >= 0.3 is 0 Å². The maximum atomic E-state index is 13.2. The number of carbonyl (C=O) groups is 1. The third-order valence-electron chi connectivity index (χ3n) is 1.76. The molecule has 0 aliphatic carbocycles. The van der Waals surface area contributed by atoms with Gasteiger partial charge in [-0.2, -0.15) is 0 Å². The molecule has 0 aliphatic heterocycles. The molecule has 1 aromatic carbocycles. The number of aldehydes is 1. The van der Waals surface area contributed by atoms with Gasteiger partial charge in [0, 0.05) is 10.0 Å². The molecule has 0 heterocycles. The molecule has 14 heavy (non-hydrogen) atoms. The molecule has 0 radical (unpaired) electrons. The third kappa shape index (κ3) is 1.65. The van der Waals surface area contributed by atoms with E-state index in [1.165, 1.54) is 12.1 Å². The van der Waals surface area contributed by atoms with Crippen LogP contribution in [0.25, 0.3) is 6.08 Å². The molecule has 1 rings (SSSR count). The van der Waals surface area contributed by atoms with E-state index in [2.05, 4.69) is 34.2 Å². The smallest absolute Gasteiger partial charge is 0.155 e. The van der Waals surface area contributed by atoms with Crippen LogP contribution in [0.5, 0.6) is 0 Å². The first-order valence-electron chi connectivity index (χ1n) is 3.72. The van der Waals surface area contributed by atoms with Crippen LogP contribution in [0.4, 0.5) is 10.1 Å². The minimum Gasteiger partial charge on any atom is -0.298 e. The number of nitrogens with zero attached hydrogens (tertiary/aromatic N) is 1. The van der Waals surface area contributed by atoms with Crippen molar-refractivity contribution in [2.45, 2.75) is 0 Å². The highest BCUT2D eigenvalue weighted by atomic mass is 79.9. The van der Waals surface area contributed by atoms with E-state index in [1.54, 1.807) is 0 Å². The summed E-state index contributed by atoms with van der Waals surface area (Å²) in [6.45, 7) is 6.84. The van der Waals surface area contributed by atoms with E-state index < -0.39 is 5.82 Å². The molecular formula is C10H7BrFNO. The van der Waals surface area contributed by atoms with Gasteiger partial charge in [-0.05, 0) is 28.7 Å². The van der Waals surface area contributed by atoms with Crippen LogP contribution in [-0.4, -0.2) is 13.0 Å². The van der Waals surface area contributed by atoms with Gasteiger partial charge in [0.2, 0.25) is 0 Å². The first-order valence-corrected chi connectivity index (χ1v) is 4.51. The highest BCUT2D eigenvalue weighted by molar-refractivity contribution is 9.10. The highest BCUT2D eigenvalue weighted by Gasteiger charge is 2.13. The second kappa shape index (κ2) is 4.28. The summed E-state index contributed by atoms with van der Waals surface area (Å²) in [5, 5.41) is 0. The Kier molecular flexibility index (Phi) is 3.30. The number of hydrogen-bond donors (Lipinski definition) is 0. The summed E-state index contributed by atoms with van der Waals surface area (Å²) in [6.07, 6.45) is 1.90. The van der Waals surface area contributed by atoms with Crippen molar-refractivity contribution in [3.05, 3.63) is 34.1 Å². The zero-order valence-corrected chi connectivity index (χ0v) is 8.84. The van der Waals surface area contributed by atoms with Crippen LogP contribution < -0.4 is 0 Å². The summed E-state index contributed by atoms with van der Waals surface area (Å²) in [6, 6.07) is 1.20. The van der Waals surface area contributed by atoms with Crippen molar-refractivity contribution in [1.29, 1.82) is 0 Å². The van der Waals surface area contributed by atoms with Gasteiger partial charge in [-0.3, -0.25) is 9.79 Å². The summed E-state index contributed by atoms with van der Waals surface area (Å²) in [5.74, 6) is -0.625. The van der Waals surface area contributed by atoms with Gasteiger partial charge in [0.15, 0.2) is 6.29 Å². The fourth-order valence-corrected chi connectivity index (χ4v) is 1.67. The predicted molar refractivity (Wildman–Crippen MR) is 58.8 cm³/mol. The molecule has 0 N–H and O–H groups in total. The molecule has 0 atom stereocenters. The fourth-order valence-electron chi connectivity index (χ4n) is 1.11. The normalized spacial score (nSPS) is 9.57. The van der Waals surface area contributed by atoms with Crippen LogP contribution in [0, 0.1) is 5.82 Å². The van der Waals surface area contributed by atoms with Crippen molar-refractivity contribution in [1.82, 2.24) is 0 Å². The quantitative estimate of drug-likeness (QED) is 0.602. The first-order chi connectivity index (χ1) is 6.65. The number of benzene rings is 1. The van der Waals surface area contributed by atoms with Crippen LogP contribution in [0.2, 0.25) is 0 Å². The van der Waals surface area contributed by atoms with Crippen molar-refractivity contribution in [2.75, 3.05) is 0 Å². The van der Waals surface area contributed by atoms with Gasteiger partial charge in [0.1, 0.15) is 5.82 Å². The van der Waals surface area contributed by atoms with E-state index in [0.717, 1.165) is 0 Å². The third-order valence-corrected chi connectivity index (χ3v) is 2.41. The summed E-state index contributed by atoms with van der Waals surface area (Å²) < 4.78 is 13.7. The van der Waals surface area contributed by atoms with E-state index in [1.807, 2.05) is 0 Å². The van der Waals surface area contributed by atoms with Gasteiger partial charge < -0.3 is 0 Å².